The van der Waals surface area contributed by atoms with Crippen LogP contribution in [0.15, 0.2) is 176 Å². The Hall–Kier alpha value is -7.51. The van der Waals surface area contributed by atoms with E-state index in [1.165, 1.54) is 11.1 Å². The van der Waals surface area contributed by atoms with E-state index in [1.54, 1.807) is 0 Å². The van der Waals surface area contributed by atoms with Gasteiger partial charge in [-0.25, -0.2) is 24.9 Å². The van der Waals surface area contributed by atoms with Crippen molar-refractivity contribution in [3.8, 4) is 68.3 Å². The molecule has 290 valence electrons. The highest BCUT2D eigenvalue weighted by Crippen LogP contribution is 2.39. The highest BCUT2D eigenvalue weighted by atomic mass is 15.1. The lowest BCUT2D eigenvalue weighted by atomic mass is 10.0. The summed E-state index contributed by atoms with van der Waals surface area (Å²) in [5.41, 5.74) is 12.9. The minimum atomic E-state index is 0.375. The highest BCUT2D eigenvalue weighted by Gasteiger charge is 2.24. The zero-order valence-electron chi connectivity index (χ0n) is 34.0. The van der Waals surface area contributed by atoms with E-state index >= 15 is 0 Å². The standard InChI is InChI=1S/C53H43N7/c1-34(2)37-20-16-22-39(32-37)59-47-30-14-12-28-45(47)54-52(59)43-26-10-8-24-41(43)50-56-49(36-18-6-5-7-19-36)57-51(58-50)42-25-9-11-27-44(42)53-55-46-29-13-15-31-48(46)60(53)40-23-17-21-38(33-40)35(3)4/h5-35H,1-4H3. The van der Waals surface area contributed by atoms with Crippen LogP contribution in [0.1, 0.15) is 50.7 Å². The van der Waals surface area contributed by atoms with E-state index in [2.05, 4.69) is 158 Å². The molecule has 0 aliphatic heterocycles. The molecule has 10 aromatic rings. The van der Waals surface area contributed by atoms with Crippen molar-refractivity contribution in [2.75, 3.05) is 0 Å². The topological polar surface area (TPSA) is 74.3 Å². The highest BCUT2D eigenvalue weighted by molar-refractivity contribution is 5.90. The number of hydrogen-bond donors (Lipinski definition) is 0. The second-order valence-electron chi connectivity index (χ2n) is 15.8. The van der Waals surface area contributed by atoms with Crippen molar-refractivity contribution in [3.63, 3.8) is 0 Å². The summed E-state index contributed by atoms with van der Waals surface area (Å²) in [5.74, 6) is 4.06. The molecule has 3 heterocycles. The van der Waals surface area contributed by atoms with Crippen LogP contribution >= 0.6 is 0 Å². The minimum absolute atomic E-state index is 0.375. The average molecular weight is 778 g/mol. The molecule has 0 radical (unpaired) electrons. The van der Waals surface area contributed by atoms with Gasteiger partial charge in [-0.15, -0.1) is 0 Å². The molecule has 0 aliphatic carbocycles. The number of para-hydroxylation sites is 4. The van der Waals surface area contributed by atoms with E-state index < -0.39 is 0 Å². The van der Waals surface area contributed by atoms with E-state index in [0.29, 0.717) is 29.3 Å². The number of aromatic nitrogens is 7. The first-order valence-corrected chi connectivity index (χ1v) is 20.6. The van der Waals surface area contributed by atoms with Gasteiger partial charge in [-0.1, -0.05) is 155 Å². The molecule has 3 aromatic heterocycles. The van der Waals surface area contributed by atoms with E-state index in [1.807, 2.05) is 54.6 Å². The van der Waals surface area contributed by atoms with E-state index in [0.717, 1.165) is 72.9 Å². The molecular weight excluding hydrogens is 735 g/mol. The van der Waals surface area contributed by atoms with Crippen molar-refractivity contribution < 1.29 is 0 Å². The SMILES string of the molecule is CC(C)c1cccc(-n2c(-c3ccccc3-c3nc(-c4ccccc4)nc(-c4ccccc4-c4nc5ccccc5n4-c4cccc(C(C)C)c4)n3)nc3ccccc32)c1. The van der Waals surface area contributed by atoms with Crippen molar-refractivity contribution in [1.82, 2.24) is 34.1 Å². The van der Waals surface area contributed by atoms with Gasteiger partial charge in [0.15, 0.2) is 17.5 Å². The van der Waals surface area contributed by atoms with Gasteiger partial charge < -0.3 is 0 Å². The third-order valence-electron chi connectivity index (χ3n) is 11.2. The van der Waals surface area contributed by atoms with Gasteiger partial charge in [0.25, 0.3) is 0 Å². The maximum absolute atomic E-state index is 5.36. The maximum Gasteiger partial charge on any atom is 0.164 e. The minimum Gasteiger partial charge on any atom is -0.292 e. The molecule has 7 nitrogen and oxygen atoms in total. The van der Waals surface area contributed by atoms with E-state index in [9.17, 15) is 0 Å². The molecule has 0 saturated carbocycles. The maximum atomic E-state index is 5.36. The van der Waals surface area contributed by atoms with Crippen molar-refractivity contribution in [1.29, 1.82) is 0 Å². The van der Waals surface area contributed by atoms with Crippen LogP contribution in [0.25, 0.3) is 90.4 Å². The fourth-order valence-corrected chi connectivity index (χ4v) is 8.06. The molecule has 0 amide bonds. The molecule has 7 heteroatoms. The molecule has 10 rings (SSSR count). The smallest absolute Gasteiger partial charge is 0.164 e. The van der Waals surface area contributed by atoms with E-state index in [4.69, 9.17) is 24.9 Å². The lowest BCUT2D eigenvalue weighted by molar-refractivity contribution is 0.863. The number of nitrogens with zero attached hydrogens (tertiary/aromatic N) is 7. The van der Waals surface area contributed by atoms with Crippen LogP contribution in [-0.4, -0.2) is 34.1 Å². The second-order valence-corrected chi connectivity index (χ2v) is 15.8. The predicted molar refractivity (Wildman–Crippen MR) is 244 cm³/mol. The Morgan fingerprint density at radius 1 is 0.350 bits per heavy atom. The summed E-state index contributed by atoms with van der Waals surface area (Å²) in [6, 6.07) is 60.8. The fraction of sp³-hybridized carbons (Fsp3) is 0.113. The van der Waals surface area contributed by atoms with Gasteiger partial charge in [0.05, 0.1) is 22.1 Å². The predicted octanol–water partition coefficient (Wildman–Crippen LogP) is 13.1. The monoisotopic (exact) mass is 777 g/mol. The lowest BCUT2D eigenvalue weighted by Gasteiger charge is -2.16. The molecule has 0 N–H and O–H groups in total. The van der Waals surface area contributed by atoms with Crippen molar-refractivity contribution in [3.05, 3.63) is 187 Å². The number of hydrogen-bond acceptors (Lipinski definition) is 5. The molecule has 0 unspecified atom stereocenters. The Bertz CT molecular complexity index is 2980. The summed E-state index contributed by atoms with van der Waals surface area (Å²) in [6.07, 6.45) is 0. The van der Waals surface area contributed by atoms with Gasteiger partial charge in [0, 0.05) is 39.2 Å². The fourth-order valence-electron chi connectivity index (χ4n) is 8.06. The van der Waals surface area contributed by atoms with Gasteiger partial charge >= 0.3 is 0 Å². The molecule has 0 saturated heterocycles. The van der Waals surface area contributed by atoms with Crippen LogP contribution in [-0.2, 0) is 0 Å². The Morgan fingerprint density at radius 3 is 1.22 bits per heavy atom. The normalized spacial score (nSPS) is 11.6. The molecular formula is C53H43N7. The summed E-state index contributed by atoms with van der Waals surface area (Å²) >= 11 is 0. The van der Waals surface area contributed by atoms with Crippen molar-refractivity contribution >= 4 is 22.1 Å². The summed E-state index contributed by atoms with van der Waals surface area (Å²) in [7, 11) is 0. The summed E-state index contributed by atoms with van der Waals surface area (Å²) < 4.78 is 4.52. The largest absolute Gasteiger partial charge is 0.292 e. The van der Waals surface area contributed by atoms with Crippen LogP contribution < -0.4 is 0 Å². The summed E-state index contributed by atoms with van der Waals surface area (Å²) in [4.78, 5) is 26.4. The molecule has 0 fully saturated rings. The third-order valence-corrected chi connectivity index (χ3v) is 11.2. The molecule has 60 heavy (non-hydrogen) atoms. The Kier molecular flexibility index (Phi) is 9.41. The zero-order chi connectivity index (χ0) is 40.7. The van der Waals surface area contributed by atoms with Gasteiger partial charge in [-0.2, -0.15) is 0 Å². The molecule has 0 aliphatic rings. The molecule has 0 bridgehead atoms. The molecule has 0 spiro atoms. The van der Waals surface area contributed by atoms with Gasteiger partial charge in [0.2, 0.25) is 0 Å². The summed E-state index contributed by atoms with van der Waals surface area (Å²) in [5, 5.41) is 0. The number of benzene rings is 7. The summed E-state index contributed by atoms with van der Waals surface area (Å²) in [6.45, 7) is 8.90. The molecule has 7 aromatic carbocycles. The van der Waals surface area contributed by atoms with Crippen LogP contribution in [0.2, 0.25) is 0 Å². The van der Waals surface area contributed by atoms with Gasteiger partial charge in [-0.3, -0.25) is 9.13 Å². The first-order chi connectivity index (χ1) is 29.4. The zero-order valence-corrected chi connectivity index (χ0v) is 34.0. The van der Waals surface area contributed by atoms with Gasteiger partial charge in [0.1, 0.15) is 11.6 Å². The average Bonchev–Trinajstić information content (AvgIpc) is 3.89. The quantitative estimate of drug-likeness (QED) is 0.146. The number of rotatable bonds is 9. The Morgan fingerprint density at radius 2 is 0.750 bits per heavy atom. The first kappa shape index (κ1) is 36.8. The van der Waals surface area contributed by atoms with Gasteiger partial charge in [-0.05, 0) is 71.5 Å². The van der Waals surface area contributed by atoms with Crippen molar-refractivity contribution in [2.45, 2.75) is 39.5 Å². The number of fused-ring (bicyclic) bond motifs is 2. The third kappa shape index (κ3) is 6.64. The second kappa shape index (κ2) is 15.3. The van der Waals surface area contributed by atoms with Crippen LogP contribution in [0, 0.1) is 0 Å². The lowest BCUT2D eigenvalue weighted by Crippen LogP contribution is -2.05. The van der Waals surface area contributed by atoms with E-state index in [-0.39, 0.29) is 0 Å². The van der Waals surface area contributed by atoms with Crippen LogP contribution in [0.5, 0.6) is 0 Å². The Labute approximate surface area is 349 Å². The molecule has 0 atom stereocenters. The van der Waals surface area contributed by atoms with Crippen LogP contribution in [0.3, 0.4) is 0 Å². The van der Waals surface area contributed by atoms with Crippen LogP contribution in [0.4, 0.5) is 0 Å². The first-order valence-electron chi connectivity index (χ1n) is 20.6. The number of imidazole rings is 2. The Balaban J connectivity index is 1.20. The van der Waals surface area contributed by atoms with Crippen molar-refractivity contribution in [2.24, 2.45) is 0 Å².